The Morgan fingerprint density at radius 2 is 1.92 bits per heavy atom. The molecule has 2 aromatic carbocycles. The minimum atomic E-state index is 0.759. The molecule has 1 N–H and O–H groups in total. The van der Waals surface area contributed by atoms with Gasteiger partial charge in [0.25, 0.3) is 0 Å². The highest BCUT2D eigenvalue weighted by Gasteiger charge is 2.08. The molecule has 4 heteroatoms. The van der Waals surface area contributed by atoms with Crippen LogP contribution in [0.2, 0.25) is 5.02 Å². The fraction of sp³-hybridized carbons (Fsp3) is 0.0952. The summed E-state index contributed by atoms with van der Waals surface area (Å²) in [5, 5.41) is 5.48. The van der Waals surface area contributed by atoms with Crippen molar-refractivity contribution in [2.24, 2.45) is 0 Å². The van der Waals surface area contributed by atoms with Crippen molar-refractivity contribution >= 4 is 28.2 Å². The van der Waals surface area contributed by atoms with Crippen LogP contribution in [-0.4, -0.2) is 9.55 Å². The monoisotopic (exact) mass is 347 g/mol. The van der Waals surface area contributed by atoms with Gasteiger partial charge in [-0.25, -0.2) is 0 Å². The molecule has 0 bridgehead atoms. The van der Waals surface area contributed by atoms with Gasteiger partial charge in [0, 0.05) is 47.6 Å². The Hall–Kier alpha value is -2.78. The number of para-hydroxylation sites is 1. The fourth-order valence-corrected chi connectivity index (χ4v) is 3.30. The quantitative estimate of drug-likeness (QED) is 0.527. The minimum absolute atomic E-state index is 0.759. The lowest BCUT2D eigenvalue weighted by atomic mass is 10.2. The maximum Gasteiger partial charge on any atom is 0.0529 e. The van der Waals surface area contributed by atoms with Crippen molar-refractivity contribution < 1.29 is 0 Å². The molecule has 25 heavy (non-hydrogen) atoms. The van der Waals surface area contributed by atoms with E-state index in [1.54, 1.807) is 6.20 Å². The van der Waals surface area contributed by atoms with Crippen LogP contribution in [0.25, 0.3) is 10.9 Å². The molecule has 4 rings (SSSR count). The molecule has 2 heterocycles. The summed E-state index contributed by atoms with van der Waals surface area (Å²) in [5.41, 5.74) is 4.71. The Labute approximate surface area is 151 Å². The van der Waals surface area contributed by atoms with Gasteiger partial charge in [0.05, 0.1) is 5.69 Å². The third kappa shape index (κ3) is 3.52. The summed E-state index contributed by atoms with van der Waals surface area (Å²) in [5.74, 6) is 0. The van der Waals surface area contributed by atoms with Gasteiger partial charge in [0.1, 0.15) is 0 Å². The number of fused-ring (bicyclic) bond motifs is 1. The molecule has 0 saturated heterocycles. The summed E-state index contributed by atoms with van der Waals surface area (Å²) in [6.45, 7) is 1.56. The molecule has 0 spiro atoms. The second-order valence-electron chi connectivity index (χ2n) is 6.02. The van der Waals surface area contributed by atoms with Crippen molar-refractivity contribution in [3.05, 3.63) is 95.4 Å². The molecular formula is C21H18ClN3. The summed E-state index contributed by atoms with van der Waals surface area (Å²) >= 11 is 6.13. The van der Waals surface area contributed by atoms with Gasteiger partial charge in [-0.05, 0) is 41.5 Å². The average molecular weight is 348 g/mol. The van der Waals surface area contributed by atoms with Gasteiger partial charge in [-0.2, -0.15) is 0 Å². The molecule has 0 aliphatic heterocycles. The van der Waals surface area contributed by atoms with Gasteiger partial charge in [-0.1, -0.05) is 41.9 Å². The van der Waals surface area contributed by atoms with E-state index in [0.717, 1.165) is 23.8 Å². The third-order valence-electron chi connectivity index (χ3n) is 4.26. The highest BCUT2D eigenvalue weighted by atomic mass is 35.5. The van der Waals surface area contributed by atoms with Crippen LogP contribution in [0.3, 0.4) is 0 Å². The van der Waals surface area contributed by atoms with Crippen LogP contribution >= 0.6 is 11.6 Å². The Morgan fingerprint density at radius 1 is 1.00 bits per heavy atom. The van der Waals surface area contributed by atoms with E-state index >= 15 is 0 Å². The number of halogens is 1. The first-order chi connectivity index (χ1) is 12.3. The van der Waals surface area contributed by atoms with Gasteiger partial charge in [-0.15, -0.1) is 0 Å². The number of pyridine rings is 1. The van der Waals surface area contributed by atoms with Crippen molar-refractivity contribution in [3.63, 3.8) is 0 Å². The SMILES string of the molecule is Clc1cccc(Cn2cc(CNc3cccnc3)c3ccccc32)c1. The standard InChI is InChI=1S/C21H18ClN3/c22-18-6-3-5-16(11-18)14-25-15-17(20-8-1-2-9-21(20)25)12-24-19-7-4-10-23-13-19/h1-11,13,15,24H,12,14H2. The largest absolute Gasteiger partial charge is 0.380 e. The van der Waals surface area contributed by atoms with Crippen molar-refractivity contribution in [2.75, 3.05) is 5.32 Å². The third-order valence-corrected chi connectivity index (χ3v) is 4.49. The Kier molecular flexibility index (Phi) is 4.40. The van der Waals surface area contributed by atoms with E-state index in [4.69, 9.17) is 11.6 Å². The van der Waals surface area contributed by atoms with E-state index in [1.165, 1.54) is 22.0 Å². The lowest BCUT2D eigenvalue weighted by Crippen LogP contribution is -2.00. The van der Waals surface area contributed by atoms with Crippen LogP contribution in [0.4, 0.5) is 5.69 Å². The van der Waals surface area contributed by atoms with Crippen molar-refractivity contribution in [1.29, 1.82) is 0 Å². The molecule has 0 amide bonds. The number of benzene rings is 2. The average Bonchev–Trinajstić information content (AvgIpc) is 2.99. The zero-order valence-corrected chi connectivity index (χ0v) is 14.4. The molecule has 0 aliphatic rings. The van der Waals surface area contributed by atoms with E-state index < -0.39 is 0 Å². The van der Waals surface area contributed by atoms with E-state index in [2.05, 4.69) is 51.4 Å². The van der Waals surface area contributed by atoms with E-state index in [1.807, 2.05) is 36.5 Å². The van der Waals surface area contributed by atoms with Crippen LogP contribution in [0.15, 0.2) is 79.3 Å². The predicted octanol–water partition coefficient (Wildman–Crippen LogP) is 5.35. The Morgan fingerprint density at radius 3 is 2.76 bits per heavy atom. The molecule has 0 unspecified atom stereocenters. The second kappa shape index (κ2) is 6.99. The molecule has 3 nitrogen and oxygen atoms in total. The molecule has 2 aromatic heterocycles. The van der Waals surface area contributed by atoms with Crippen molar-refractivity contribution in [3.8, 4) is 0 Å². The summed E-state index contributed by atoms with van der Waals surface area (Å²) in [4.78, 5) is 4.15. The Balaban J connectivity index is 1.64. The highest BCUT2D eigenvalue weighted by Crippen LogP contribution is 2.24. The smallest absolute Gasteiger partial charge is 0.0529 e. The lowest BCUT2D eigenvalue weighted by Gasteiger charge is -2.06. The number of hydrogen-bond donors (Lipinski definition) is 1. The number of aromatic nitrogens is 2. The first-order valence-corrected chi connectivity index (χ1v) is 8.62. The first kappa shape index (κ1) is 15.7. The predicted molar refractivity (Wildman–Crippen MR) is 104 cm³/mol. The molecule has 4 aromatic rings. The second-order valence-corrected chi connectivity index (χ2v) is 6.46. The van der Waals surface area contributed by atoms with Crippen LogP contribution in [0, 0.1) is 0 Å². The number of rotatable bonds is 5. The molecule has 124 valence electrons. The molecule has 0 saturated carbocycles. The number of nitrogens with zero attached hydrogens (tertiary/aromatic N) is 2. The Bertz CT molecular complexity index is 992. The molecule has 0 aliphatic carbocycles. The van der Waals surface area contributed by atoms with Gasteiger partial charge < -0.3 is 9.88 Å². The molecule has 0 atom stereocenters. The summed E-state index contributed by atoms with van der Waals surface area (Å²) in [6.07, 6.45) is 5.84. The zero-order valence-electron chi connectivity index (χ0n) is 13.7. The van der Waals surface area contributed by atoms with Crippen molar-refractivity contribution in [2.45, 2.75) is 13.1 Å². The van der Waals surface area contributed by atoms with Crippen molar-refractivity contribution in [1.82, 2.24) is 9.55 Å². The molecular weight excluding hydrogens is 330 g/mol. The van der Waals surface area contributed by atoms with Crippen LogP contribution in [0.1, 0.15) is 11.1 Å². The van der Waals surface area contributed by atoms with Crippen LogP contribution in [-0.2, 0) is 13.1 Å². The number of nitrogens with one attached hydrogen (secondary N) is 1. The van der Waals surface area contributed by atoms with Gasteiger partial charge in [0.2, 0.25) is 0 Å². The zero-order chi connectivity index (χ0) is 17.1. The summed E-state index contributed by atoms with van der Waals surface area (Å²) in [7, 11) is 0. The fourth-order valence-electron chi connectivity index (χ4n) is 3.09. The highest BCUT2D eigenvalue weighted by molar-refractivity contribution is 6.30. The van der Waals surface area contributed by atoms with E-state index in [-0.39, 0.29) is 0 Å². The summed E-state index contributed by atoms with van der Waals surface area (Å²) in [6, 6.07) is 20.5. The first-order valence-electron chi connectivity index (χ1n) is 8.25. The molecule has 0 fully saturated rings. The number of hydrogen-bond acceptors (Lipinski definition) is 2. The van der Waals surface area contributed by atoms with Crippen LogP contribution < -0.4 is 5.32 Å². The lowest BCUT2D eigenvalue weighted by molar-refractivity contribution is 0.831. The topological polar surface area (TPSA) is 29.9 Å². The van der Waals surface area contributed by atoms with Gasteiger partial charge in [0.15, 0.2) is 0 Å². The van der Waals surface area contributed by atoms with E-state index in [9.17, 15) is 0 Å². The van der Waals surface area contributed by atoms with E-state index in [0.29, 0.717) is 0 Å². The maximum atomic E-state index is 6.13. The number of anilines is 1. The van der Waals surface area contributed by atoms with Crippen LogP contribution in [0.5, 0.6) is 0 Å². The molecule has 0 radical (unpaired) electrons. The summed E-state index contributed by atoms with van der Waals surface area (Å²) < 4.78 is 2.28. The van der Waals surface area contributed by atoms with Gasteiger partial charge in [-0.3, -0.25) is 4.98 Å². The van der Waals surface area contributed by atoms with Gasteiger partial charge >= 0.3 is 0 Å². The minimum Gasteiger partial charge on any atom is -0.380 e. The maximum absolute atomic E-state index is 6.13. The normalized spacial score (nSPS) is 10.9.